The van der Waals surface area contributed by atoms with Gasteiger partial charge in [-0.1, -0.05) is 23.8 Å². The lowest BCUT2D eigenvalue weighted by atomic mass is 10.2. The molecule has 0 fully saturated rings. The second kappa shape index (κ2) is 7.02. The maximum atomic E-state index is 5.80. The third-order valence-corrected chi connectivity index (χ3v) is 2.39. The molecule has 11 heavy (non-hydrogen) atoms. The fourth-order valence-electron chi connectivity index (χ4n) is 0.592. The first kappa shape index (κ1) is 11.4. The van der Waals surface area contributed by atoms with E-state index in [9.17, 15) is 0 Å². The molecule has 0 aromatic rings. The molecule has 0 unspecified atom stereocenters. The molecule has 0 saturated carbocycles. The van der Waals surface area contributed by atoms with Crippen LogP contribution < -0.4 is 0 Å². The zero-order chi connectivity index (χ0) is 8.69. The van der Waals surface area contributed by atoms with Crippen LogP contribution in [0.25, 0.3) is 0 Å². The summed E-state index contributed by atoms with van der Waals surface area (Å²) in [7, 11) is 0. The first-order valence-electron chi connectivity index (χ1n) is 3.35. The molecule has 0 nitrogen and oxygen atoms in total. The van der Waals surface area contributed by atoms with E-state index in [1.165, 1.54) is 0 Å². The molecule has 64 valence electrons. The average molecular weight is 214 g/mol. The summed E-state index contributed by atoms with van der Waals surface area (Å²) in [6.45, 7) is 1.96. The molecule has 0 aromatic heterocycles. The minimum absolute atomic E-state index is 0.348. The van der Waals surface area contributed by atoms with Crippen molar-refractivity contribution >= 4 is 34.8 Å². The molecule has 0 amide bonds. The first-order chi connectivity index (χ1) is 5.26. The molecule has 0 heterocycles. The lowest BCUT2D eigenvalue weighted by Gasteiger charge is -2.01. The van der Waals surface area contributed by atoms with E-state index in [2.05, 4.69) is 0 Å². The smallest absolute Gasteiger partial charge is 0.0581 e. The first-order valence-corrected chi connectivity index (χ1v) is 4.80. The molecule has 0 aliphatic rings. The van der Waals surface area contributed by atoms with Gasteiger partial charge in [0.2, 0.25) is 0 Å². The minimum Gasteiger partial charge on any atom is -0.122 e. The topological polar surface area (TPSA) is 0 Å². The van der Waals surface area contributed by atoms with Crippen LogP contribution >= 0.6 is 34.8 Å². The van der Waals surface area contributed by atoms with Crippen molar-refractivity contribution in [2.45, 2.75) is 13.3 Å². The van der Waals surface area contributed by atoms with E-state index in [-0.39, 0.29) is 0 Å². The van der Waals surface area contributed by atoms with Crippen molar-refractivity contribution in [3.63, 3.8) is 0 Å². The van der Waals surface area contributed by atoms with Gasteiger partial charge in [0.1, 0.15) is 0 Å². The van der Waals surface area contributed by atoms with Gasteiger partial charge in [-0.25, -0.2) is 0 Å². The summed E-state index contributed by atoms with van der Waals surface area (Å²) in [5.74, 6) is 0.803. The lowest BCUT2D eigenvalue weighted by molar-refractivity contribution is 1.19. The van der Waals surface area contributed by atoms with Crippen molar-refractivity contribution in [3.05, 3.63) is 22.8 Å². The fraction of sp³-hybridized carbons (Fsp3) is 0.500. The molecule has 0 N–H and O–H groups in total. The zero-order valence-electron chi connectivity index (χ0n) is 6.41. The van der Waals surface area contributed by atoms with Crippen LogP contribution in [-0.2, 0) is 0 Å². The summed E-state index contributed by atoms with van der Waals surface area (Å²) in [6, 6.07) is 0. The maximum absolute atomic E-state index is 5.80. The number of halogens is 3. The Hall–Kier alpha value is 0.350. The van der Waals surface area contributed by atoms with E-state index in [0.29, 0.717) is 16.8 Å². The monoisotopic (exact) mass is 212 g/mol. The van der Waals surface area contributed by atoms with Crippen LogP contribution in [0.2, 0.25) is 0 Å². The standard InChI is InChI=1S/C8H11Cl3/c1-2-3-4-7(5-9)8(11)6-10/h2-3H,4-6H2,1H3/b3-2+,8-7-. The molecule has 0 atom stereocenters. The molecule has 0 aliphatic carbocycles. The second-order valence-electron chi connectivity index (χ2n) is 2.05. The third-order valence-electron chi connectivity index (χ3n) is 1.26. The van der Waals surface area contributed by atoms with Crippen LogP contribution in [0.15, 0.2) is 22.8 Å². The molecule has 3 heteroatoms. The minimum atomic E-state index is 0.348. The predicted octanol–water partition coefficient (Wildman–Crippen LogP) is 3.92. The number of alkyl halides is 2. The molecule has 0 bridgehead atoms. The van der Waals surface area contributed by atoms with E-state index in [4.69, 9.17) is 34.8 Å². The highest BCUT2D eigenvalue weighted by Gasteiger charge is 1.99. The second-order valence-corrected chi connectivity index (χ2v) is 3.04. The summed E-state index contributed by atoms with van der Waals surface area (Å²) in [5.41, 5.74) is 1.00. The summed E-state index contributed by atoms with van der Waals surface area (Å²) >= 11 is 17.0. The van der Waals surface area contributed by atoms with Crippen LogP contribution in [0.3, 0.4) is 0 Å². The van der Waals surface area contributed by atoms with Crippen molar-refractivity contribution in [1.82, 2.24) is 0 Å². The Balaban J connectivity index is 4.14. The van der Waals surface area contributed by atoms with Crippen molar-refractivity contribution in [2.24, 2.45) is 0 Å². The van der Waals surface area contributed by atoms with Gasteiger partial charge in [-0.2, -0.15) is 0 Å². The predicted molar refractivity (Wildman–Crippen MR) is 53.8 cm³/mol. The normalized spacial score (nSPS) is 13.8. The highest BCUT2D eigenvalue weighted by Crippen LogP contribution is 2.16. The summed E-state index contributed by atoms with van der Waals surface area (Å²) in [6.07, 6.45) is 4.77. The van der Waals surface area contributed by atoms with Crippen LogP contribution in [0.4, 0.5) is 0 Å². The van der Waals surface area contributed by atoms with E-state index < -0.39 is 0 Å². The van der Waals surface area contributed by atoms with E-state index in [1.54, 1.807) is 0 Å². The molecular weight excluding hydrogens is 202 g/mol. The summed E-state index contributed by atoms with van der Waals surface area (Å²) < 4.78 is 0. The Morgan fingerprint density at radius 2 is 1.91 bits per heavy atom. The molecule has 0 saturated heterocycles. The highest BCUT2D eigenvalue weighted by molar-refractivity contribution is 6.36. The van der Waals surface area contributed by atoms with Crippen molar-refractivity contribution in [2.75, 3.05) is 11.8 Å². The van der Waals surface area contributed by atoms with E-state index in [0.717, 1.165) is 12.0 Å². The van der Waals surface area contributed by atoms with Crippen LogP contribution in [0, 0.1) is 0 Å². The molecule has 0 spiro atoms. The highest BCUT2D eigenvalue weighted by atomic mass is 35.5. The quantitative estimate of drug-likeness (QED) is 0.490. The van der Waals surface area contributed by atoms with Gasteiger partial charge in [0.05, 0.1) is 5.88 Å². The Labute approximate surface area is 82.8 Å². The Bertz CT molecular complexity index is 159. The van der Waals surface area contributed by atoms with Crippen LogP contribution in [-0.4, -0.2) is 11.8 Å². The Kier molecular flexibility index (Phi) is 7.25. The van der Waals surface area contributed by atoms with Gasteiger partial charge in [0, 0.05) is 10.9 Å². The Morgan fingerprint density at radius 1 is 1.27 bits per heavy atom. The van der Waals surface area contributed by atoms with Gasteiger partial charge in [-0.15, -0.1) is 23.2 Å². The van der Waals surface area contributed by atoms with Gasteiger partial charge in [0.15, 0.2) is 0 Å². The summed E-state index contributed by atoms with van der Waals surface area (Å²) in [5, 5.41) is 0.666. The van der Waals surface area contributed by atoms with Gasteiger partial charge >= 0.3 is 0 Å². The lowest BCUT2D eigenvalue weighted by Crippen LogP contribution is -1.88. The van der Waals surface area contributed by atoms with Crippen LogP contribution in [0.1, 0.15) is 13.3 Å². The van der Waals surface area contributed by atoms with Crippen molar-refractivity contribution in [1.29, 1.82) is 0 Å². The SMILES string of the molecule is C/C=C/C/C(CCl)=C(/Cl)CCl. The number of allylic oxidation sites excluding steroid dienone is 4. The molecule has 0 aromatic carbocycles. The van der Waals surface area contributed by atoms with Gasteiger partial charge in [0.25, 0.3) is 0 Å². The van der Waals surface area contributed by atoms with Crippen molar-refractivity contribution < 1.29 is 0 Å². The van der Waals surface area contributed by atoms with E-state index in [1.807, 2.05) is 19.1 Å². The van der Waals surface area contributed by atoms with Crippen molar-refractivity contribution in [3.8, 4) is 0 Å². The largest absolute Gasteiger partial charge is 0.122 e. The Morgan fingerprint density at radius 3 is 2.27 bits per heavy atom. The fourth-order valence-corrected chi connectivity index (χ4v) is 1.26. The van der Waals surface area contributed by atoms with Gasteiger partial charge < -0.3 is 0 Å². The number of hydrogen-bond donors (Lipinski definition) is 0. The number of rotatable bonds is 4. The van der Waals surface area contributed by atoms with Gasteiger partial charge in [-0.05, 0) is 18.9 Å². The zero-order valence-corrected chi connectivity index (χ0v) is 8.68. The summed E-state index contributed by atoms with van der Waals surface area (Å²) in [4.78, 5) is 0. The molecule has 0 radical (unpaired) electrons. The van der Waals surface area contributed by atoms with Crippen LogP contribution in [0.5, 0.6) is 0 Å². The maximum Gasteiger partial charge on any atom is 0.0581 e. The number of hydrogen-bond acceptors (Lipinski definition) is 0. The third kappa shape index (κ3) is 4.73. The molecule has 0 aliphatic heterocycles. The van der Waals surface area contributed by atoms with Gasteiger partial charge in [-0.3, -0.25) is 0 Å². The molecular formula is C8H11Cl3. The van der Waals surface area contributed by atoms with E-state index >= 15 is 0 Å². The average Bonchev–Trinajstić information content (AvgIpc) is 2.05. The molecule has 0 rings (SSSR count).